The number of ether oxygens (including phenoxy) is 1. The zero-order valence-corrected chi connectivity index (χ0v) is 8.52. The van der Waals surface area contributed by atoms with E-state index < -0.39 is 12.2 Å². The van der Waals surface area contributed by atoms with Crippen LogP contribution in [0.25, 0.3) is 0 Å². The Morgan fingerprint density at radius 2 is 2.27 bits per heavy atom. The normalized spacial score (nSPS) is 26.8. The molecule has 1 aliphatic carbocycles. The molecule has 0 aromatic heterocycles. The smallest absolute Gasteiger partial charge is 0.407 e. The van der Waals surface area contributed by atoms with Crippen molar-refractivity contribution in [2.75, 3.05) is 19.7 Å². The van der Waals surface area contributed by atoms with E-state index in [2.05, 4.69) is 0 Å². The summed E-state index contributed by atoms with van der Waals surface area (Å²) in [7, 11) is 0. The van der Waals surface area contributed by atoms with Crippen LogP contribution in [0, 0.1) is 5.92 Å². The molecule has 0 aromatic rings. The summed E-state index contributed by atoms with van der Waals surface area (Å²) in [6, 6.07) is 0. The van der Waals surface area contributed by atoms with Crippen LogP contribution in [0.5, 0.6) is 0 Å². The molecule has 2 rings (SSSR count). The molecular weight excluding hydrogens is 198 g/mol. The third-order valence-electron chi connectivity index (χ3n) is 2.87. The molecule has 0 bridgehead atoms. The highest BCUT2D eigenvalue weighted by molar-refractivity contribution is 5.85. The molecule has 2 aliphatic rings. The average Bonchev–Trinajstić information content (AvgIpc) is 3.00. The second-order valence-corrected chi connectivity index (χ2v) is 4.21. The van der Waals surface area contributed by atoms with E-state index in [4.69, 9.17) is 9.84 Å². The van der Waals surface area contributed by atoms with Gasteiger partial charge in [0.15, 0.2) is 5.78 Å². The van der Waals surface area contributed by atoms with E-state index in [0.29, 0.717) is 19.1 Å². The van der Waals surface area contributed by atoms with E-state index in [1.54, 1.807) is 0 Å². The zero-order valence-electron chi connectivity index (χ0n) is 8.52. The maximum Gasteiger partial charge on any atom is 0.407 e. The quantitative estimate of drug-likeness (QED) is 0.750. The molecule has 1 saturated heterocycles. The number of hydrogen-bond donors (Lipinski definition) is 1. The number of hydrogen-bond acceptors (Lipinski definition) is 3. The lowest BCUT2D eigenvalue weighted by molar-refractivity contribution is -0.135. The maximum absolute atomic E-state index is 11.5. The third kappa shape index (κ3) is 2.68. The first-order valence-corrected chi connectivity index (χ1v) is 5.29. The maximum atomic E-state index is 11.5. The number of carbonyl (C=O) groups is 2. The van der Waals surface area contributed by atoms with Gasteiger partial charge in [0.2, 0.25) is 0 Å². The first kappa shape index (κ1) is 10.4. The summed E-state index contributed by atoms with van der Waals surface area (Å²) < 4.78 is 5.44. The Morgan fingerprint density at radius 3 is 2.87 bits per heavy atom. The van der Waals surface area contributed by atoms with Gasteiger partial charge in [-0.15, -0.1) is 0 Å². The number of carbonyl (C=O) groups excluding carboxylic acids is 1. The Balaban J connectivity index is 1.83. The lowest BCUT2D eigenvalue weighted by Crippen LogP contribution is -2.47. The number of rotatable bonds is 3. The molecule has 0 radical (unpaired) electrons. The van der Waals surface area contributed by atoms with E-state index >= 15 is 0 Å². The highest BCUT2D eigenvalue weighted by Gasteiger charge is 2.32. The van der Waals surface area contributed by atoms with Crippen LogP contribution in [-0.4, -0.2) is 47.7 Å². The largest absolute Gasteiger partial charge is 0.465 e. The molecule has 84 valence electrons. The summed E-state index contributed by atoms with van der Waals surface area (Å²) in [6.45, 7) is 1.10. The average molecular weight is 213 g/mol. The van der Waals surface area contributed by atoms with E-state index in [1.165, 1.54) is 17.7 Å². The molecule has 1 saturated carbocycles. The number of likely N-dealkylation sites (tertiary alicyclic amines) is 1. The SMILES string of the molecule is O=C1CCN(C(=O)O)CC1OCC1CC1. The van der Waals surface area contributed by atoms with Crippen molar-refractivity contribution >= 4 is 11.9 Å². The predicted molar refractivity (Wildman–Crippen MR) is 51.7 cm³/mol. The zero-order chi connectivity index (χ0) is 10.8. The molecule has 15 heavy (non-hydrogen) atoms. The van der Waals surface area contributed by atoms with Crippen LogP contribution in [0.1, 0.15) is 19.3 Å². The van der Waals surface area contributed by atoms with Gasteiger partial charge in [-0.3, -0.25) is 4.79 Å². The van der Waals surface area contributed by atoms with E-state index in [0.717, 1.165) is 0 Å². The Labute approximate surface area is 88.0 Å². The minimum Gasteiger partial charge on any atom is -0.465 e. The van der Waals surface area contributed by atoms with Crippen LogP contribution in [0.3, 0.4) is 0 Å². The van der Waals surface area contributed by atoms with Crippen molar-refractivity contribution in [3.63, 3.8) is 0 Å². The standard InChI is InChI=1S/C10H15NO4/c12-8-3-4-11(10(13)14)5-9(8)15-6-7-1-2-7/h7,9H,1-6H2,(H,13,14). The summed E-state index contributed by atoms with van der Waals surface area (Å²) >= 11 is 0. The molecule has 1 N–H and O–H groups in total. The first-order chi connectivity index (χ1) is 7.16. The van der Waals surface area contributed by atoms with Crippen molar-refractivity contribution in [3.05, 3.63) is 0 Å². The topological polar surface area (TPSA) is 66.8 Å². The number of Topliss-reactive ketones (excluding diaryl/α,β-unsaturated/α-hetero) is 1. The Kier molecular flexibility index (Phi) is 2.90. The second kappa shape index (κ2) is 4.18. The molecule has 1 amide bonds. The van der Waals surface area contributed by atoms with Crippen LogP contribution < -0.4 is 0 Å². The van der Waals surface area contributed by atoms with Crippen molar-refractivity contribution in [1.29, 1.82) is 0 Å². The summed E-state index contributed by atoms with van der Waals surface area (Å²) in [5, 5.41) is 8.79. The first-order valence-electron chi connectivity index (χ1n) is 5.29. The molecule has 0 spiro atoms. The molecule has 5 heteroatoms. The number of amides is 1. The van der Waals surface area contributed by atoms with Gasteiger partial charge in [-0.25, -0.2) is 4.79 Å². The van der Waals surface area contributed by atoms with Crippen LogP contribution in [-0.2, 0) is 9.53 Å². The van der Waals surface area contributed by atoms with Crippen molar-refractivity contribution in [1.82, 2.24) is 4.90 Å². The number of carboxylic acid groups (broad SMARTS) is 1. The minimum absolute atomic E-state index is 0.0353. The molecule has 1 atom stereocenters. The van der Waals surface area contributed by atoms with Gasteiger partial charge in [-0.2, -0.15) is 0 Å². The van der Waals surface area contributed by atoms with Gasteiger partial charge in [0, 0.05) is 13.0 Å². The van der Waals surface area contributed by atoms with Crippen molar-refractivity contribution in [3.8, 4) is 0 Å². The fraction of sp³-hybridized carbons (Fsp3) is 0.800. The van der Waals surface area contributed by atoms with Crippen LogP contribution in [0.2, 0.25) is 0 Å². The third-order valence-corrected chi connectivity index (χ3v) is 2.87. The van der Waals surface area contributed by atoms with Gasteiger partial charge >= 0.3 is 6.09 Å². The Morgan fingerprint density at radius 1 is 1.53 bits per heavy atom. The molecule has 1 aliphatic heterocycles. The van der Waals surface area contributed by atoms with Crippen LogP contribution in [0.4, 0.5) is 4.79 Å². The summed E-state index contributed by atoms with van der Waals surface area (Å²) in [6.07, 6.45) is 1.12. The van der Waals surface area contributed by atoms with Gasteiger partial charge in [0.05, 0.1) is 13.2 Å². The summed E-state index contributed by atoms with van der Waals surface area (Å²) in [5.41, 5.74) is 0. The van der Waals surface area contributed by atoms with E-state index in [1.807, 2.05) is 0 Å². The number of nitrogens with zero attached hydrogens (tertiary/aromatic N) is 1. The minimum atomic E-state index is -0.970. The van der Waals surface area contributed by atoms with Gasteiger partial charge < -0.3 is 14.7 Å². The van der Waals surface area contributed by atoms with E-state index in [-0.39, 0.29) is 18.7 Å². The Bertz CT molecular complexity index is 275. The number of ketones is 1. The molecule has 5 nitrogen and oxygen atoms in total. The van der Waals surface area contributed by atoms with Gasteiger partial charge in [0.1, 0.15) is 6.10 Å². The predicted octanol–water partition coefficient (Wildman–Crippen LogP) is 0.734. The molecule has 1 heterocycles. The van der Waals surface area contributed by atoms with Crippen molar-refractivity contribution in [2.24, 2.45) is 5.92 Å². The lowest BCUT2D eigenvalue weighted by atomic mass is 10.1. The van der Waals surface area contributed by atoms with Crippen molar-refractivity contribution in [2.45, 2.75) is 25.4 Å². The second-order valence-electron chi connectivity index (χ2n) is 4.21. The Hall–Kier alpha value is -1.10. The van der Waals surface area contributed by atoms with Gasteiger partial charge in [0.25, 0.3) is 0 Å². The molecule has 1 unspecified atom stereocenters. The highest BCUT2D eigenvalue weighted by Crippen LogP contribution is 2.29. The van der Waals surface area contributed by atoms with Gasteiger partial charge in [-0.05, 0) is 18.8 Å². The van der Waals surface area contributed by atoms with E-state index in [9.17, 15) is 9.59 Å². The van der Waals surface area contributed by atoms with Crippen LogP contribution in [0.15, 0.2) is 0 Å². The summed E-state index contributed by atoms with van der Waals surface area (Å²) in [4.78, 5) is 23.4. The number of piperidine rings is 1. The molecule has 0 aromatic carbocycles. The fourth-order valence-corrected chi connectivity index (χ4v) is 1.66. The van der Waals surface area contributed by atoms with Crippen molar-refractivity contribution < 1.29 is 19.4 Å². The fourth-order valence-electron chi connectivity index (χ4n) is 1.66. The van der Waals surface area contributed by atoms with Crippen LogP contribution >= 0.6 is 0 Å². The summed E-state index contributed by atoms with van der Waals surface area (Å²) in [5.74, 6) is 0.631. The molecule has 2 fully saturated rings. The lowest BCUT2D eigenvalue weighted by Gasteiger charge is -2.29. The monoisotopic (exact) mass is 213 g/mol. The molecular formula is C10H15NO4. The highest BCUT2D eigenvalue weighted by atomic mass is 16.5. The van der Waals surface area contributed by atoms with Gasteiger partial charge in [-0.1, -0.05) is 0 Å².